The molecule has 0 atom stereocenters. The number of aromatic nitrogens is 5. The highest BCUT2D eigenvalue weighted by atomic mass is 15.3. The zero-order valence-electron chi connectivity index (χ0n) is 16.4. The van der Waals surface area contributed by atoms with E-state index in [0.29, 0.717) is 5.92 Å². The van der Waals surface area contributed by atoms with Gasteiger partial charge in [-0.2, -0.15) is 10.2 Å². The number of aryl methyl sites for hydroxylation is 1. The monoisotopic (exact) mass is 360 g/mol. The SMILES string of the molecule is Cc1cc(-c2n[nH]c(-c3ccc(N(C)C)cc3)c2C(C)C)cn2ncnc12. The summed E-state index contributed by atoms with van der Waals surface area (Å²) < 4.78 is 1.81. The summed E-state index contributed by atoms with van der Waals surface area (Å²) in [4.78, 5) is 6.40. The normalized spacial score (nSPS) is 11.5. The van der Waals surface area contributed by atoms with E-state index < -0.39 is 0 Å². The molecule has 0 saturated carbocycles. The van der Waals surface area contributed by atoms with E-state index >= 15 is 0 Å². The van der Waals surface area contributed by atoms with Crippen LogP contribution in [0.3, 0.4) is 0 Å². The molecule has 1 aromatic carbocycles. The van der Waals surface area contributed by atoms with Gasteiger partial charge < -0.3 is 4.90 Å². The first-order valence-corrected chi connectivity index (χ1v) is 9.12. The van der Waals surface area contributed by atoms with Crippen molar-refractivity contribution in [3.8, 4) is 22.5 Å². The maximum atomic E-state index is 4.68. The predicted octanol–water partition coefficient (Wildman–Crippen LogP) is 4.28. The molecule has 4 aromatic rings. The molecule has 0 amide bonds. The van der Waals surface area contributed by atoms with Crippen LogP contribution in [0.2, 0.25) is 0 Å². The molecule has 0 bridgehead atoms. The Morgan fingerprint density at radius 1 is 1.07 bits per heavy atom. The molecule has 0 saturated heterocycles. The van der Waals surface area contributed by atoms with E-state index in [1.165, 1.54) is 11.3 Å². The van der Waals surface area contributed by atoms with Gasteiger partial charge in [0.1, 0.15) is 6.33 Å². The van der Waals surface area contributed by atoms with Gasteiger partial charge in [-0.3, -0.25) is 5.10 Å². The van der Waals surface area contributed by atoms with Crippen molar-refractivity contribution in [3.63, 3.8) is 0 Å². The van der Waals surface area contributed by atoms with Crippen molar-refractivity contribution in [3.05, 3.63) is 54.0 Å². The molecule has 6 nitrogen and oxygen atoms in total. The molecule has 138 valence electrons. The van der Waals surface area contributed by atoms with Gasteiger partial charge in [-0.25, -0.2) is 9.50 Å². The molecule has 0 aliphatic carbocycles. The van der Waals surface area contributed by atoms with Gasteiger partial charge in [0, 0.05) is 37.1 Å². The van der Waals surface area contributed by atoms with Gasteiger partial charge in [-0.05, 0) is 42.2 Å². The summed E-state index contributed by atoms with van der Waals surface area (Å²) in [7, 11) is 4.09. The Kier molecular flexibility index (Phi) is 4.18. The molecule has 0 unspecified atom stereocenters. The first kappa shape index (κ1) is 17.3. The maximum Gasteiger partial charge on any atom is 0.158 e. The standard InChI is InChI=1S/C21H24N6/c1-13(2)18-19(15-6-8-17(9-7-15)26(4)5)24-25-20(18)16-10-14(3)21-22-12-23-27(21)11-16/h6-13H,1-5H3,(H,24,25). The van der Waals surface area contributed by atoms with Crippen LogP contribution >= 0.6 is 0 Å². The van der Waals surface area contributed by atoms with Crippen molar-refractivity contribution in [2.45, 2.75) is 26.7 Å². The van der Waals surface area contributed by atoms with E-state index in [0.717, 1.165) is 33.7 Å². The van der Waals surface area contributed by atoms with Crippen molar-refractivity contribution >= 4 is 11.3 Å². The highest BCUT2D eigenvalue weighted by Crippen LogP contribution is 2.36. The lowest BCUT2D eigenvalue weighted by molar-refractivity contribution is 0.871. The van der Waals surface area contributed by atoms with Gasteiger partial charge in [0.15, 0.2) is 5.65 Å². The smallest absolute Gasteiger partial charge is 0.158 e. The number of nitrogens with zero attached hydrogens (tertiary/aromatic N) is 5. The number of fused-ring (bicyclic) bond motifs is 1. The highest BCUT2D eigenvalue weighted by molar-refractivity contribution is 5.76. The molecule has 27 heavy (non-hydrogen) atoms. The van der Waals surface area contributed by atoms with E-state index in [2.05, 4.69) is 76.3 Å². The van der Waals surface area contributed by atoms with Gasteiger partial charge in [-0.15, -0.1) is 0 Å². The number of rotatable bonds is 4. The van der Waals surface area contributed by atoms with E-state index in [4.69, 9.17) is 0 Å². The van der Waals surface area contributed by atoms with Crippen molar-refractivity contribution in [2.24, 2.45) is 0 Å². The minimum atomic E-state index is 0.328. The van der Waals surface area contributed by atoms with E-state index in [-0.39, 0.29) is 0 Å². The predicted molar refractivity (Wildman–Crippen MR) is 109 cm³/mol. The Bertz CT molecular complexity index is 1090. The minimum absolute atomic E-state index is 0.328. The van der Waals surface area contributed by atoms with Gasteiger partial charge in [0.25, 0.3) is 0 Å². The number of benzene rings is 1. The topological polar surface area (TPSA) is 62.1 Å². The Morgan fingerprint density at radius 2 is 1.81 bits per heavy atom. The number of anilines is 1. The average Bonchev–Trinajstić information content (AvgIpc) is 3.28. The third-order valence-electron chi connectivity index (χ3n) is 4.89. The Balaban J connectivity index is 1.85. The van der Waals surface area contributed by atoms with Gasteiger partial charge in [0.2, 0.25) is 0 Å². The van der Waals surface area contributed by atoms with Crippen LogP contribution in [0.5, 0.6) is 0 Å². The summed E-state index contributed by atoms with van der Waals surface area (Å²) in [6.07, 6.45) is 3.58. The third kappa shape index (κ3) is 2.97. The highest BCUT2D eigenvalue weighted by Gasteiger charge is 2.20. The minimum Gasteiger partial charge on any atom is -0.378 e. The Morgan fingerprint density at radius 3 is 2.48 bits per heavy atom. The van der Waals surface area contributed by atoms with Crippen LogP contribution in [0.25, 0.3) is 28.2 Å². The largest absolute Gasteiger partial charge is 0.378 e. The third-order valence-corrected chi connectivity index (χ3v) is 4.89. The van der Waals surface area contributed by atoms with Crippen LogP contribution in [0.1, 0.15) is 30.9 Å². The fourth-order valence-electron chi connectivity index (χ4n) is 3.50. The fourth-order valence-corrected chi connectivity index (χ4v) is 3.50. The van der Waals surface area contributed by atoms with Gasteiger partial charge >= 0.3 is 0 Å². The number of aromatic amines is 1. The number of pyridine rings is 1. The van der Waals surface area contributed by atoms with Crippen molar-refractivity contribution in [2.75, 3.05) is 19.0 Å². The zero-order chi connectivity index (χ0) is 19.1. The number of hydrogen-bond donors (Lipinski definition) is 1. The second-order valence-corrected chi connectivity index (χ2v) is 7.40. The van der Waals surface area contributed by atoms with Crippen LogP contribution in [-0.2, 0) is 0 Å². The quantitative estimate of drug-likeness (QED) is 0.590. The van der Waals surface area contributed by atoms with Gasteiger partial charge in [-0.1, -0.05) is 26.0 Å². The van der Waals surface area contributed by atoms with Crippen LogP contribution in [-0.4, -0.2) is 38.9 Å². The lowest BCUT2D eigenvalue weighted by Crippen LogP contribution is -2.08. The number of H-pyrrole nitrogens is 1. The first-order chi connectivity index (χ1) is 13.0. The lowest BCUT2D eigenvalue weighted by atomic mass is 9.94. The molecule has 0 spiro atoms. The van der Waals surface area contributed by atoms with Crippen LogP contribution in [0.15, 0.2) is 42.9 Å². The molecular weight excluding hydrogens is 336 g/mol. The van der Waals surface area contributed by atoms with Crippen molar-refractivity contribution in [1.29, 1.82) is 0 Å². The van der Waals surface area contributed by atoms with Gasteiger partial charge in [0.05, 0.1) is 11.4 Å². The van der Waals surface area contributed by atoms with Crippen molar-refractivity contribution < 1.29 is 0 Å². The summed E-state index contributed by atoms with van der Waals surface area (Å²) in [6.45, 7) is 6.45. The number of nitrogens with one attached hydrogen (secondary N) is 1. The van der Waals surface area contributed by atoms with Crippen molar-refractivity contribution in [1.82, 2.24) is 24.8 Å². The Hall–Kier alpha value is -3.15. The van der Waals surface area contributed by atoms with E-state index in [1.807, 2.05) is 24.8 Å². The lowest BCUT2D eigenvalue weighted by Gasteiger charge is -2.14. The average molecular weight is 360 g/mol. The second kappa shape index (κ2) is 6.54. The summed E-state index contributed by atoms with van der Waals surface area (Å²) in [5, 5.41) is 12.2. The molecule has 3 heterocycles. The molecule has 0 aliphatic rings. The van der Waals surface area contributed by atoms with Crippen LogP contribution in [0.4, 0.5) is 5.69 Å². The van der Waals surface area contributed by atoms with E-state index in [9.17, 15) is 0 Å². The molecule has 3 aromatic heterocycles. The van der Waals surface area contributed by atoms with Crippen LogP contribution < -0.4 is 4.90 Å². The summed E-state index contributed by atoms with van der Waals surface area (Å²) >= 11 is 0. The second-order valence-electron chi connectivity index (χ2n) is 7.40. The van der Waals surface area contributed by atoms with E-state index in [1.54, 1.807) is 6.33 Å². The molecule has 6 heteroatoms. The molecule has 0 aliphatic heterocycles. The van der Waals surface area contributed by atoms with Crippen LogP contribution in [0, 0.1) is 6.92 Å². The molecular formula is C21H24N6. The zero-order valence-corrected chi connectivity index (χ0v) is 16.4. The molecule has 0 fully saturated rings. The summed E-state index contributed by atoms with van der Waals surface area (Å²) in [5.41, 5.74) is 8.57. The fraction of sp³-hybridized carbons (Fsp3) is 0.286. The molecule has 4 rings (SSSR count). The summed E-state index contributed by atoms with van der Waals surface area (Å²) in [5.74, 6) is 0.328. The summed E-state index contributed by atoms with van der Waals surface area (Å²) in [6, 6.07) is 10.7. The molecule has 1 N–H and O–H groups in total. The maximum absolute atomic E-state index is 4.68. The molecule has 0 radical (unpaired) electrons. The first-order valence-electron chi connectivity index (χ1n) is 9.12. The number of hydrogen-bond acceptors (Lipinski definition) is 4. The Labute approximate surface area is 158 Å².